The molecule has 2 aromatic heterocycles. The minimum Gasteiger partial charge on any atom is -0.337 e. The summed E-state index contributed by atoms with van der Waals surface area (Å²) in [6, 6.07) is 0. The molecule has 0 aromatic carbocycles. The van der Waals surface area contributed by atoms with Crippen molar-refractivity contribution < 1.29 is 4.79 Å². The Hall–Kier alpha value is -2.09. The number of carbonyl (C=O) groups excluding carboxylic acids is 1. The van der Waals surface area contributed by atoms with E-state index < -0.39 is 0 Å². The van der Waals surface area contributed by atoms with E-state index in [0.717, 1.165) is 10.2 Å². The van der Waals surface area contributed by atoms with Gasteiger partial charge in [-0.25, -0.2) is 15.0 Å². The zero-order chi connectivity index (χ0) is 15.5. The predicted octanol–water partition coefficient (Wildman–Crippen LogP) is 1.30. The van der Waals surface area contributed by atoms with Crippen LogP contribution in [0.3, 0.4) is 0 Å². The van der Waals surface area contributed by atoms with E-state index in [4.69, 9.17) is 0 Å². The summed E-state index contributed by atoms with van der Waals surface area (Å²) in [5.41, 5.74) is 1.19. The Balaban J connectivity index is 1.62. The van der Waals surface area contributed by atoms with Crippen molar-refractivity contribution in [3.05, 3.63) is 40.6 Å². The number of piperazine rings is 1. The maximum Gasteiger partial charge on any atom is 0.274 e. The van der Waals surface area contributed by atoms with E-state index >= 15 is 0 Å². The van der Waals surface area contributed by atoms with Crippen molar-refractivity contribution in [2.24, 2.45) is 0 Å². The van der Waals surface area contributed by atoms with E-state index in [2.05, 4.69) is 40.8 Å². The molecule has 0 radical (unpaired) electrons. The minimum absolute atomic E-state index is 0.0797. The third-order valence-electron chi connectivity index (χ3n) is 3.46. The van der Waals surface area contributed by atoms with Gasteiger partial charge in [0.2, 0.25) is 5.95 Å². The van der Waals surface area contributed by atoms with Crippen molar-refractivity contribution in [3.63, 3.8) is 0 Å². The van der Waals surface area contributed by atoms with Gasteiger partial charge in [0.05, 0.1) is 16.4 Å². The molecule has 0 aliphatic carbocycles. The second-order valence-electron chi connectivity index (χ2n) is 5.02. The summed E-state index contributed by atoms with van der Waals surface area (Å²) in [6.07, 6.45) is 6.59. The Morgan fingerprint density at radius 2 is 1.68 bits per heavy atom. The second kappa shape index (κ2) is 6.35. The SMILES string of the molecule is Cc1cnc(C(=O)N2CCN(c3ncc(Br)cn3)CC2)cn1. The van der Waals surface area contributed by atoms with Gasteiger partial charge < -0.3 is 9.80 Å². The van der Waals surface area contributed by atoms with Gasteiger partial charge in [-0.2, -0.15) is 0 Å². The molecule has 0 saturated carbocycles. The third-order valence-corrected chi connectivity index (χ3v) is 3.87. The number of halogens is 1. The summed E-state index contributed by atoms with van der Waals surface area (Å²) in [5.74, 6) is 0.606. The lowest BCUT2D eigenvalue weighted by atomic mass is 10.3. The van der Waals surface area contributed by atoms with Gasteiger partial charge in [-0.05, 0) is 22.9 Å². The molecule has 1 saturated heterocycles. The Morgan fingerprint density at radius 1 is 1.00 bits per heavy atom. The number of hydrogen-bond acceptors (Lipinski definition) is 6. The van der Waals surface area contributed by atoms with Crippen molar-refractivity contribution >= 4 is 27.8 Å². The Morgan fingerprint density at radius 3 is 2.27 bits per heavy atom. The van der Waals surface area contributed by atoms with E-state index in [9.17, 15) is 4.79 Å². The van der Waals surface area contributed by atoms with Gasteiger partial charge in [-0.1, -0.05) is 0 Å². The van der Waals surface area contributed by atoms with Crippen LogP contribution < -0.4 is 4.90 Å². The van der Waals surface area contributed by atoms with Crippen LogP contribution in [0.25, 0.3) is 0 Å². The van der Waals surface area contributed by atoms with Crippen molar-refractivity contribution in [2.75, 3.05) is 31.1 Å². The van der Waals surface area contributed by atoms with Crippen LogP contribution in [0.1, 0.15) is 16.2 Å². The van der Waals surface area contributed by atoms with Gasteiger partial charge >= 0.3 is 0 Å². The zero-order valence-corrected chi connectivity index (χ0v) is 13.7. The fraction of sp³-hybridized carbons (Fsp3) is 0.357. The highest BCUT2D eigenvalue weighted by Gasteiger charge is 2.24. The lowest BCUT2D eigenvalue weighted by Gasteiger charge is -2.34. The maximum atomic E-state index is 12.4. The number of hydrogen-bond donors (Lipinski definition) is 0. The number of aryl methyl sites for hydroxylation is 1. The molecule has 0 bridgehead atoms. The maximum absolute atomic E-state index is 12.4. The first-order valence-corrected chi connectivity index (χ1v) is 7.73. The zero-order valence-electron chi connectivity index (χ0n) is 12.1. The van der Waals surface area contributed by atoms with Gasteiger partial charge in [-0.15, -0.1) is 0 Å². The first-order valence-electron chi connectivity index (χ1n) is 6.94. The average molecular weight is 363 g/mol. The van der Waals surface area contributed by atoms with Crippen LogP contribution in [-0.2, 0) is 0 Å². The van der Waals surface area contributed by atoms with E-state index in [1.54, 1.807) is 23.5 Å². The van der Waals surface area contributed by atoms with Gasteiger partial charge in [0.25, 0.3) is 5.91 Å². The largest absolute Gasteiger partial charge is 0.337 e. The molecule has 2 aromatic rings. The number of amides is 1. The molecule has 0 spiro atoms. The number of carbonyl (C=O) groups is 1. The standard InChI is InChI=1S/C14H15BrN6O/c1-10-6-17-12(9-16-10)13(22)20-2-4-21(5-3-20)14-18-7-11(15)8-19-14/h6-9H,2-5H2,1H3. The molecule has 3 heterocycles. The quantitative estimate of drug-likeness (QED) is 0.801. The van der Waals surface area contributed by atoms with Gasteiger partial charge in [0.1, 0.15) is 5.69 Å². The molecule has 7 nitrogen and oxygen atoms in total. The number of anilines is 1. The van der Waals surface area contributed by atoms with Crippen LogP contribution in [0.5, 0.6) is 0 Å². The third kappa shape index (κ3) is 3.22. The fourth-order valence-electron chi connectivity index (χ4n) is 2.24. The summed E-state index contributed by atoms with van der Waals surface area (Å²) >= 11 is 3.32. The van der Waals surface area contributed by atoms with Gasteiger partial charge in [0, 0.05) is 44.8 Å². The van der Waals surface area contributed by atoms with Crippen LogP contribution in [0.4, 0.5) is 5.95 Å². The van der Waals surface area contributed by atoms with Crippen LogP contribution in [0.15, 0.2) is 29.3 Å². The molecule has 0 atom stereocenters. The summed E-state index contributed by atoms with van der Waals surface area (Å²) in [6.45, 7) is 4.49. The minimum atomic E-state index is -0.0797. The molecule has 1 fully saturated rings. The van der Waals surface area contributed by atoms with E-state index in [1.165, 1.54) is 6.20 Å². The summed E-state index contributed by atoms with van der Waals surface area (Å²) in [7, 11) is 0. The number of rotatable bonds is 2. The van der Waals surface area contributed by atoms with Crippen LogP contribution >= 0.6 is 15.9 Å². The van der Waals surface area contributed by atoms with Crippen LogP contribution in [0.2, 0.25) is 0 Å². The topological polar surface area (TPSA) is 75.1 Å². The van der Waals surface area contributed by atoms with Crippen molar-refractivity contribution in [1.29, 1.82) is 0 Å². The van der Waals surface area contributed by atoms with Crippen molar-refractivity contribution in [2.45, 2.75) is 6.92 Å². The fourth-order valence-corrected chi connectivity index (χ4v) is 2.45. The van der Waals surface area contributed by atoms with Crippen molar-refractivity contribution in [3.8, 4) is 0 Å². The second-order valence-corrected chi connectivity index (χ2v) is 5.94. The first kappa shape index (κ1) is 14.8. The van der Waals surface area contributed by atoms with E-state index in [-0.39, 0.29) is 5.91 Å². The van der Waals surface area contributed by atoms with E-state index in [1.807, 2.05) is 6.92 Å². The van der Waals surface area contributed by atoms with Gasteiger partial charge in [0.15, 0.2) is 0 Å². The molecular weight excluding hydrogens is 348 g/mol. The molecule has 0 N–H and O–H groups in total. The first-order chi connectivity index (χ1) is 10.6. The summed E-state index contributed by atoms with van der Waals surface area (Å²) < 4.78 is 0.850. The number of nitrogens with zero attached hydrogens (tertiary/aromatic N) is 6. The van der Waals surface area contributed by atoms with Crippen LogP contribution in [0, 0.1) is 6.92 Å². The average Bonchev–Trinajstić information content (AvgIpc) is 2.56. The Bertz CT molecular complexity index is 652. The highest BCUT2D eigenvalue weighted by Crippen LogP contribution is 2.14. The lowest BCUT2D eigenvalue weighted by molar-refractivity contribution is 0.0740. The highest BCUT2D eigenvalue weighted by atomic mass is 79.9. The van der Waals surface area contributed by atoms with Crippen LogP contribution in [-0.4, -0.2) is 56.9 Å². The molecule has 22 heavy (non-hydrogen) atoms. The van der Waals surface area contributed by atoms with E-state index in [0.29, 0.717) is 37.8 Å². The Labute approximate surface area is 136 Å². The highest BCUT2D eigenvalue weighted by molar-refractivity contribution is 9.10. The molecular formula is C14H15BrN6O. The molecule has 8 heteroatoms. The summed E-state index contributed by atoms with van der Waals surface area (Å²) in [4.78, 5) is 33.0. The Kier molecular flexibility index (Phi) is 4.28. The normalized spacial score (nSPS) is 15.0. The predicted molar refractivity (Wildman–Crippen MR) is 84.6 cm³/mol. The molecule has 1 aliphatic heterocycles. The molecule has 1 amide bonds. The van der Waals surface area contributed by atoms with Crippen molar-refractivity contribution in [1.82, 2.24) is 24.8 Å². The smallest absolute Gasteiger partial charge is 0.274 e. The number of aromatic nitrogens is 4. The molecule has 1 aliphatic rings. The lowest BCUT2D eigenvalue weighted by Crippen LogP contribution is -2.49. The monoisotopic (exact) mass is 362 g/mol. The molecule has 114 valence electrons. The molecule has 0 unspecified atom stereocenters. The van der Waals surface area contributed by atoms with Gasteiger partial charge in [-0.3, -0.25) is 9.78 Å². The summed E-state index contributed by atoms with van der Waals surface area (Å²) in [5, 5.41) is 0. The molecule has 3 rings (SSSR count).